The van der Waals surface area contributed by atoms with Crippen LogP contribution in [-0.4, -0.2) is 25.0 Å². The van der Waals surface area contributed by atoms with Crippen molar-refractivity contribution in [2.24, 2.45) is 0 Å². The highest BCUT2D eigenvalue weighted by atomic mass is 19.1. The number of ether oxygens (including phenoxy) is 1. The SMILES string of the molecule is COc1ccc(NC(C)C(=O)Nc2ccc3ccccc3c2)cc1NC(=O)c1cccc(F)c1. The normalized spacial score (nSPS) is 11.5. The molecule has 0 aromatic heterocycles. The maximum Gasteiger partial charge on any atom is 0.255 e. The highest BCUT2D eigenvalue weighted by Gasteiger charge is 2.16. The number of carbonyl (C=O) groups is 2. The molecule has 1 unspecified atom stereocenters. The Bertz CT molecular complexity index is 1360. The van der Waals surface area contributed by atoms with Crippen LogP contribution < -0.4 is 20.7 Å². The van der Waals surface area contributed by atoms with E-state index in [2.05, 4.69) is 16.0 Å². The number of nitrogens with one attached hydrogen (secondary N) is 3. The molecule has 3 N–H and O–H groups in total. The van der Waals surface area contributed by atoms with Crippen molar-refractivity contribution in [2.75, 3.05) is 23.1 Å². The third kappa shape index (κ3) is 5.32. The van der Waals surface area contributed by atoms with Crippen molar-refractivity contribution in [1.29, 1.82) is 0 Å². The second-order valence-electron chi connectivity index (χ2n) is 7.80. The van der Waals surface area contributed by atoms with E-state index in [1.54, 1.807) is 25.1 Å². The zero-order valence-corrected chi connectivity index (χ0v) is 18.8. The maximum atomic E-state index is 13.5. The Kier molecular flexibility index (Phi) is 6.73. The van der Waals surface area contributed by atoms with Gasteiger partial charge in [-0.05, 0) is 66.2 Å². The first kappa shape index (κ1) is 22.8. The molecule has 0 saturated carbocycles. The quantitative estimate of drug-likeness (QED) is 0.334. The summed E-state index contributed by atoms with van der Waals surface area (Å²) in [5.41, 5.74) is 1.89. The van der Waals surface area contributed by atoms with Gasteiger partial charge in [0.05, 0.1) is 12.8 Å². The van der Waals surface area contributed by atoms with Gasteiger partial charge in [0, 0.05) is 16.9 Å². The largest absolute Gasteiger partial charge is 0.495 e. The lowest BCUT2D eigenvalue weighted by molar-refractivity contribution is -0.116. The van der Waals surface area contributed by atoms with Gasteiger partial charge in [0.15, 0.2) is 0 Å². The lowest BCUT2D eigenvalue weighted by Crippen LogP contribution is -2.31. The van der Waals surface area contributed by atoms with Gasteiger partial charge in [-0.2, -0.15) is 0 Å². The molecule has 0 radical (unpaired) electrons. The Morgan fingerprint density at radius 1 is 0.824 bits per heavy atom. The molecule has 0 saturated heterocycles. The monoisotopic (exact) mass is 457 g/mol. The van der Waals surface area contributed by atoms with Gasteiger partial charge < -0.3 is 20.7 Å². The lowest BCUT2D eigenvalue weighted by atomic mass is 10.1. The number of halogens is 1. The van der Waals surface area contributed by atoms with E-state index >= 15 is 0 Å². The molecule has 0 spiro atoms. The summed E-state index contributed by atoms with van der Waals surface area (Å²) < 4.78 is 18.8. The van der Waals surface area contributed by atoms with E-state index in [1.807, 2.05) is 42.5 Å². The van der Waals surface area contributed by atoms with Gasteiger partial charge in [0.2, 0.25) is 5.91 Å². The van der Waals surface area contributed by atoms with Crippen molar-refractivity contribution in [3.05, 3.63) is 96.3 Å². The van der Waals surface area contributed by atoms with Crippen molar-refractivity contribution in [2.45, 2.75) is 13.0 Å². The van der Waals surface area contributed by atoms with Crippen molar-refractivity contribution >= 4 is 39.6 Å². The number of carbonyl (C=O) groups excluding carboxylic acids is 2. The molecule has 4 aromatic rings. The molecule has 1 atom stereocenters. The molecule has 0 fully saturated rings. The Hall–Kier alpha value is -4.39. The number of anilines is 3. The minimum atomic E-state index is -0.563. The first-order valence-corrected chi connectivity index (χ1v) is 10.7. The van der Waals surface area contributed by atoms with Crippen LogP contribution in [0.5, 0.6) is 5.75 Å². The van der Waals surface area contributed by atoms with E-state index in [1.165, 1.54) is 25.3 Å². The van der Waals surface area contributed by atoms with E-state index in [-0.39, 0.29) is 11.5 Å². The molecule has 0 aliphatic heterocycles. The predicted molar refractivity (Wildman–Crippen MR) is 133 cm³/mol. The third-order valence-electron chi connectivity index (χ3n) is 5.33. The summed E-state index contributed by atoms with van der Waals surface area (Å²) in [6, 6.07) is 23.6. The highest BCUT2D eigenvalue weighted by Crippen LogP contribution is 2.29. The summed E-state index contributed by atoms with van der Waals surface area (Å²) in [7, 11) is 1.49. The van der Waals surface area contributed by atoms with Crippen LogP contribution in [0, 0.1) is 5.82 Å². The van der Waals surface area contributed by atoms with Gasteiger partial charge >= 0.3 is 0 Å². The van der Waals surface area contributed by atoms with Crippen LogP contribution in [-0.2, 0) is 4.79 Å². The van der Waals surface area contributed by atoms with Crippen molar-refractivity contribution < 1.29 is 18.7 Å². The molecular formula is C27H24FN3O3. The standard InChI is InChI=1S/C27H24FN3O3/c1-17(26(32)30-22-11-10-18-6-3-4-7-19(18)15-22)29-23-12-13-25(34-2)24(16-23)31-27(33)20-8-5-9-21(28)14-20/h3-17,29H,1-2H3,(H,30,32)(H,31,33). The molecule has 172 valence electrons. The maximum absolute atomic E-state index is 13.5. The minimum Gasteiger partial charge on any atom is -0.495 e. The Morgan fingerprint density at radius 2 is 1.59 bits per heavy atom. The van der Waals surface area contributed by atoms with Crippen LogP contribution in [0.2, 0.25) is 0 Å². The topological polar surface area (TPSA) is 79.5 Å². The molecule has 4 rings (SSSR count). The van der Waals surface area contributed by atoms with E-state index < -0.39 is 17.8 Å². The van der Waals surface area contributed by atoms with Gasteiger partial charge in [0.25, 0.3) is 5.91 Å². The molecule has 2 amide bonds. The van der Waals surface area contributed by atoms with Crippen molar-refractivity contribution in [1.82, 2.24) is 0 Å². The molecule has 34 heavy (non-hydrogen) atoms. The van der Waals surface area contributed by atoms with E-state index in [0.29, 0.717) is 22.8 Å². The average molecular weight is 458 g/mol. The van der Waals surface area contributed by atoms with Crippen molar-refractivity contribution in [3.63, 3.8) is 0 Å². The van der Waals surface area contributed by atoms with Crippen LogP contribution in [0.1, 0.15) is 17.3 Å². The fourth-order valence-corrected chi connectivity index (χ4v) is 3.55. The molecule has 6 nitrogen and oxygen atoms in total. The molecule has 0 aliphatic rings. The van der Waals surface area contributed by atoms with E-state index in [0.717, 1.165) is 16.8 Å². The summed E-state index contributed by atoms with van der Waals surface area (Å²) in [4.78, 5) is 25.3. The number of rotatable bonds is 7. The molecule has 7 heteroatoms. The van der Waals surface area contributed by atoms with Crippen LogP contribution in [0.4, 0.5) is 21.5 Å². The van der Waals surface area contributed by atoms with Gasteiger partial charge in [0.1, 0.15) is 17.6 Å². The summed E-state index contributed by atoms with van der Waals surface area (Å²) in [6.07, 6.45) is 0. The zero-order chi connectivity index (χ0) is 24.1. The fraction of sp³-hybridized carbons (Fsp3) is 0.111. The van der Waals surface area contributed by atoms with Crippen LogP contribution in [0.3, 0.4) is 0 Å². The Morgan fingerprint density at radius 3 is 2.35 bits per heavy atom. The molecule has 0 aliphatic carbocycles. The Labute approximate surface area is 196 Å². The van der Waals surface area contributed by atoms with E-state index in [9.17, 15) is 14.0 Å². The minimum absolute atomic E-state index is 0.184. The molecular weight excluding hydrogens is 433 g/mol. The summed E-state index contributed by atoms with van der Waals surface area (Å²) in [5.74, 6) is -0.752. The smallest absolute Gasteiger partial charge is 0.255 e. The first-order chi connectivity index (χ1) is 16.4. The van der Waals surface area contributed by atoms with Gasteiger partial charge in [-0.1, -0.05) is 36.4 Å². The first-order valence-electron chi connectivity index (χ1n) is 10.7. The average Bonchev–Trinajstić information content (AvgIpc) is 2.84. The molecule has 0 heterocycles. The second kappa shape index (κ2) is 10.0. The van der Waals surface area contributed by atoms with Crippen LogP contribution in [0.25, 0.3) is 10.8 Å². The lowest BCUT2D eigenvalue weighted by Gasteiger charge is -2.18. The summed E-state index contributed by atoms with van der Waals surface area (Å²) in [5, 5.41) is 10.9. The van der Waals surface area contributed by atoms with Crippen molar-refractivity contribution in [3.8, 4) is 5.75 Å². The Balaban J connectivity index is 1.45. The number of benzene rings is 4. The fourth-order valence-electron chi connectivity index (χ4n) is 3.55. The number of methoxy groups -OCH3 is 1. The number of amides is 2. The number of hydrogen-bond donors (Lipinski definition) is 3. The van der Waals surface area contributed by atoms with E-state index in [4.69, 9.17) is 4.74 Å². The van der Waals surface area contributed by atoms with Crippen LogP contribution >= 0.6 is 0 Å². The number of hydrogen-bond acceptors (Lipinski definition) is 4. The summed E-state index contributed by atoms with van der Waals surface area (Å²) >= 11 is 0. The predicted octanol–water partition coefficient (Wildman–Crippen LogP) is 5.68. The van der Waals surface area contributed by atoms with Gasteiger partial charge in [-0.3, -0.25) is 9.59 Å². The zero-order valence-electron chi connectivity index (χ0n) is 18.8. The van der Waals surface area contributed by atoms with Crippen LogP contribution in [0.15, 0.2) is 84.9 Å². The summed E-state index contributed by atoms with van der Waals surface area (Å²) in [6.45, 7) is 1.74. The number of fused-ring (bicyclic) bond motifs is 1. The van der Waals surface area contributed by atoms with Gasteiger partial charge in [-0.25, -0.2) is 4.39 Å². The third-order valence-corrected chi connectivity index (χ3v) is 5.33. The second-order valence-corrected chi connectivity index (χ2v) is 7.80. The molecule has 0 bridgehead atoms. The van der Waals surface area contributed by atoms with Gasteiger partial charge in [-0.15, -0.1) is 0 Å². The highest BCUT2D eigenvalue weighted by molar-refractivity contribution is 6.05. The molecule has 4 aromatic carbocycles.